The summed E-state index contributed by atoms with van der Waals surface area (Å²) >= 11 is 6.27. The summed E-state index contributed by atoms with van der Waals surface area (Å²) in [4.78, 5) is 11.4. The molecular weight excluding hydrogens is 278 g/mol. The predicted molar refractivity (Wildman–Crippen MR) is 76.9 cm³/mol. The van der Waals surface area contributed by atoms with E-state index in [4.69, 9.17) is 16.3 Å². The number of carbonyl (C=O) groups excluding carboxylic acids is 1. The molecule has 2 aliphatic heterocycles. The number of halogens is 1. The maximum absolute atomic E-state index is 11.4. The third-order valence-corrected chi connectivity index (χ3v) is 4.56. The number of fused-ring (bicyclic) bond motifs is 1. The lowest BCUT2D eigenvalue weighted by Gasteiger charge is -2.24. The van der Waals surface area contributed by atoms with Gasteiger partial charge in [-0.15, -0.1) is 0 Å². The molecule has 1 aromatic carbocycles. The van der Waals surface area contributed by atoms with Crippen LogP contribution in [0.4, 0.5) is 5.69 Å². The summed E-state index contributed by atoms with van der Waals surface area (Å²) in [7, 11) is 0. The molecule has 1 aromatic rings. The van der Waals surface area contributed by atoms with Crippen LogP contribution < -0.4 is 5.32 Å². The number of rotatable bonds is 3. The molecule has 0 aliphatic carbocycles. The number of carbonyl (C=O) groups is 1. The van der Waals surface area contributed by atoms with E-state index in [2.05, 4.69) is 12.2 Å². The number of aliphatic hydroxyl groups is 1. The van der Waals surface area contributed by atoms with Gasteiger partial charge >= 0.3 is 0 Å². The van der Waals surface area contributed by atoms with E-state index < -0.39 is 6.10 Å². The zero-order valence-corrected chi connectivity index (χ0v) is 12.1. The molecule has 2 aliphatic rings. The van der Waals surface area contributed by atoms with Gasteiger partial charge in [0.05, 0.1) is 18.6 Å². The minimum atomic E-state index is -0.643. The summed E-state index contributed by atoms with van der Waals surface area (Å²) in [6.07, 6.45) is 1.50. The second-order valence-electron chi connectivity index (χ2n) is 5.47. The van der Waals surface area contributed by atoms with E-state index in [1.807, 2.05) is 6.07 Å². The highest BCUT2D eigenvalue weighted by Crippen LogP contribution is 2.40. The number of ether oxygens (including phenoxy) is 1. The van der Waals surface area contributed by atoms with Crippen LogP contribution in [0.1, 0.15) is 37.0 Å². The van der Waals surface area contributed by atoms with Crippen LogP contribution in [0.2, 0.25) is 5.02 Å². The van der Waals surface area contributed by atoms with Crippen LogP contribution in [0.5, 0.6) is 0 Å². The Labute approximate surface area is 123 Å². The molecule has 0 bridgehead atoms. The van der Waals surface area contributed by atoms with E-state index in [1.54, 1.807) is 6.07 Å². The SMILES string of the molecule is CCC1OCCC1C(O)c1cc2c(cc1Cl)NC(=O)C2. The number of hydrogen-bond donors (Lipinski definition) is 2. The quantitative estimate of drug-likeness (QED) is 0.901. The Hall–Kier alpha value is -1.10. The Kier molecular flexibility index (Phi) is 3.71. The lowest BCUT2D eigenvalue weighted by molar-refractivity contribution is -0.115. The first-order chi connectivity index (χ1) is 9.60. The van der Waals surface area contributed by atoms with Crippen LogP contribution in [0, 0.1) is 5.92 Å². The molecule has 1 amide bonds. The summed E-state index contributed by atoms with van der Waals surface area (Å²) in [6.45, 7) is 2.74. The van der Waals surface area contributed by atoms with Gasteiger partial charge in [-0.05, 0) is 36.1 Å². The van der Waals surface area contributed by atoms with E-state index in [-0.39, 0.29) is 17.9 Å². The molecule has 108 valence electrons. The number of aliphatic hydroxyl groups excluding tert-OH is 1. The fraction of sp³-hybridized carbons (Fsp3) is 0.533. The minimum Gasteiger partial charge on any atom is -0.388 e. The van der Waals surface area contributed by atoms with Crippen LogP contribution in [0.3, 0.4) is 0 Å². The Morgan fingerprint density at radius 3 is 3.10 bits per heavy atom. The zero-order chi connectivity index (χ0) is 14.3. The van der Waals surface area contributed by atoms with Crippen molar-refractivity contribution in [3.63, 3.8) is 0 Å². The fourth-order valence-corrected chi connectivity index (χ4v) is 3.45. The minimum absolute atomic E-state index is 0.0293. The van der Waals surface area contributed by atoms with Gasteiger partial charge in [0.2, 0.25) is 5.91 Å². The van der Waals surface area contributed by atoms with E-state index in [0.717, 1.165) is 24.1 Å². The maximum Gasteiger partial charge on any atom is 0.228 e. The van der Waals surface area contributed by atoms with Crippen molar-refractivity contribution < 1.29 is 14.6 Å². The molecular formula is C15H18ClNO3. The topological polar surface area (TPSA) is 58.6 Å². The number of hydrogen-bond acceptors (Lipinski definition) is 3. The lowest BCUT2D eigenvalue weighted by atomic mass is 9.88. The number of amides is 1. The van der Waals surface area contributed by atoms with E-state index >= 15 is 0 Å². The molecule has 3 rings (SSSR count). The lowest BCUT2D eigenvalue weighted by Crippen LogP contribution is -2.22. The van der Waals surface area contributed by atoms with Gasteiger partial charge < -0.3 is 15.2 Å². The molecule has 2 heterocycles. The Bertz CT molecular complexity index is 546. The summed E-state index contributed by atoms with van der Waals surface area (Å²) < 4.78 is 5.64. The third-order valence-electron chi connectivity index (χ3n) is 4.23. The number of nitrogens with one attached hydrogen (secondary N) is 1. The average molecular weight is 296 g/mol. The monoisotopic (exact) mass is 295 g/mol. The second kappa shape index (κ2) is 5.35. The first-order valence-electron chi connectivity index (χ1n) is 7.02. The van der Waals surface area contributed by atoms with Gasteiger partial charge in [0.1, 0.15) is 0 Å². The van der Waals surface area contributed by atoms with Crippen LogP contribution in [0.15, 0.2) is 12.1 Å². The molecule has 0 spiro atoms. The third kappa shape index (κ3) is 2.32. The number of anilines is 1. The molecule has 0 aromatic heterocycles. The molecule has 4 nitrogen and oxygen atoms in total. The Morgan fingerprint density at radius 2 is 2.35 bits per heavy atom. The van der Waals surface area contributed by atoms with E-state index in [9.17, 15) is 9.90 Å². The highest BCUT2D eigenvalue weighted by atomic mass is 35.5. The smallest absolute Gasteiger partial charge is 0.228 e. The van der Waals surface area contributed by atoms with Gasteiger partial charge in [0, 0.05) is 23.2 Å². The van der Waals surface area contributed by atoms with Crippen LogP contribution in [-0.4, -0.2) is 23.7 Å². The normalized spacial score (nSPS) is 26.4. The zero-order valence-electron chi connectivity index (χ0n) is 11.4. The van der Waals surface area contributed by atoms with Gasteiger partial charge in [-0.1, -0.05) is 18.5 Å². The summed E-state index contributed by atoms with van der Waals surface area (Å²) in [6, 6.07) is 3.59. The second-order valence-corrected chi connectivity index (χ2v) is 5.88. The first-order valence-corrected chi connectivity index (χ1v) is 7.39. The van der Waals surface area contributed by atoms with Crippen molar-refractivity contribution in [2.75, 3.05) is 11.9 Å². The predicted octanol–water partition coefficient (Wildman–Crippen LogP) is 2.68. The molecule has 2 N–H and O–H groups in total. The maximum atomic E-state index is 11.4. The highest BCUT2D eigenvalue weighted by Gasteiger charge is 2.35. The molecule has 0 saturated carbocycles. The summed E-state index contributed by atoms with van der Waals surface area (Å²) in [5.41, 5.74) is 2.36. The van der Waals surface area contributed by atoms with Crippen LogP contribution >= 0.6 is 11.6 Å². The van der Waals surface area contributed by atoms with Crippen LogP contribution in [0.25, 0.3) is 0 Å². The summed E-state index contributed by atoms with van der Waals surface area (Å²) in [5, 5.41) is 13.9. The summed E-state index contributed by atoms with van der Waals surface area (Å²) in [5.74, 6) is 0.0407. The van der Waals surface area contributed by atoms with Crippen molar-refractivity contribution in [1.82, 2.24) is 0 Å². The largest absolute Gasteiger partial charge is 0.388 e. The van der Waals surface area contributed by atoms with Crippen molar-refractivity contribution in [3.05, 3.63) is 28.3 Å². The van der Waals surface area contributed by atoms with Gasteiger partial charge in [-0.25, -0.2) is 0 Å². The van der Waals surface area contributed by atoms with Gasteiger partial charge in [0.25, 0.3) is 0 Å². The van der Waals surface area contributed by atoms with Crippen molar-refractivity contribution >= 4 is 23.2 Å². The van der Waals surface area contributed by atoms with Crippen molar-refractivity contribution in [3.8, 4) is 0 Å². The Balaban J connectivity index is 1.90. The molecule has 20 heavy (non-hydrogen) atoms. The van der Waals surface area contributed by atoms with Gasteiger partial charge in [0.15, 0.2) is 0 Å². The van der Waals surface area contributed by atoms with E-state index in [0.29, 0.717) is 23.6 Å². The molecule has 5 heteroatoms. The Morgan fingerprint density at radius 1 is 1.55 bits per heavy atom. The molecule has 1 fully saturated rings. The van der Waals surface area contributed by atoms with Crippen molar-refractivity contribution in [2.24, 2.45) is 5.92 Å². The molecule has 3 unspecified atom stereocenters. The molecule has 0 radical (unpaired) electrons. The first kappa shape index (κ1) is 13.9. The van der Waals surface area contributed by atoms with E-state index in [1.165, 1.54) is 0 Å². The van der Waals surface area contributed by atoms with Gasteiger partial charge in [-0.2, -0.15) is 0 Å². The van der Waals surface area contributed by atoms with Gasteiger partial charge in [-0.3, -0.25) is 4.79 Å². The average Bonchev–Trinajstić information content (AvgIpc) is 3.01. The standard InChI is InChI=1S/C15H18ClNO3/c1-2-13-9(3-4-20-13)15(19)10-5-8-6-14(18)17-12(8)7-11(10)16/h5,7,9,13,15,19H,2-4,6H2,1H3,(H,17,18). The highest BCUT2D eigenvalue weighted by molar-refractivity contribution is 6.32. The number of benzene rings is 1. The van der Waals surface area contributed by atoms with Crippen LogP contribution in [-0.2, 0) is 16.0 Å². The van der Waals surface area contributed by atoms with Crippen molar-refractivity contribution in [2.45, 2.75) is 38.4 Å². The molecule has 3 atom stereocenters. The van der Waals surface area contributed by atoms with Crippen molar-refractivity contribution in [1.29, 1.82) is 0 Å². The molecule has 1 saturated heterocycles. The fourth-order valence-electron chi connectivity index (χ4n) is 3.17.